The number of esters is 3. The first-order valence-electron chi connectivity index (χ1n) is 33.1. The third-order valence-corrected chi connectivity index (χ3v) is 24.7. The molecule has 2 heterocycles. The predicted octanol–water partition coefficient (Wildman–Crippen LogP) is 9.54. The number of ether oxygens (including phenoxy) is 7. The summed E-state index contributed by atoms with van der Waals surface area (Å²) in [7, 11) is 0. The molecule has 19 heteroatoms. The molecule has 2 spiro atoms. The van der Waals surface area contributed by atoms with Gasteiger partial charge in [-0.15, -0.1) is 0 Å². The molecule has 4 bridgehead atoms. The molecule has 6 N–H and O–H groups in total. The van der Waals surface area contributed by atoms with Crippen molar-refractivity contribution in [3.05, 3.63) is 24.3 Å². The number of rotatable bonds is 18. The number of aliphatic hydroxyl groups is 3. The predicted molar refractivity (Wildman–Crippen MR) is 317 cm³/mol. The number of carbonyl (C=O) groups excluding carboxylic acids is 3. The summed E-state index contributed by atoms with van der Waals surface area (Å²) in [5, 5.41) is 62.8. The normalized spacial score (nSPS) is 45.3. The lowest BCUT2D eigenvalue weighted by atomic mass is 9.43. The Labute approximate surface area is 514 Å². The van der Waals surface area contributed by atoms with Crippen LogP contribution >= 0.6 is 0 Å². The molecule has 2 saturated heterocycles. The fraction of sp³-hybridized carbons (Fsp3) is 0.853. The van der Waals surface area contributed by atoms with E-state index >= 15 is 0 Å². The lowest BCUT2D eigenvalue weighted by molar-refractivity contribution is -0.303. The van der Waals surface area contributed by atoms with Crippen molar-refractivity contribution in [2.75, 3.05) is 13.2 Å². The van der Waals surface area contributed by atoms with Crippen LogP contribution in [0.4, 0.5) is 0 Å². The molecule has 2 aliphatic heterocycles. The van der Waals surface area contributed by atoms with Crippen molar-refractivity contribution in [1.82, 2.24) is 0 Å². The van der Waals surface area contributed by atoms with Gasteiger partial charge in [-0.2, -0.15) is 0 Å². The molecule has 87 heavy (non-hydrogen) atoms. The topological polar surface area (TPSA) is 288 Å². The number of carboxylic acid groups (broad SMARTS) is 3. The van der Waals surface area contributed by atoms with Gasteiger partial charge in [-0.05, 0) is 171 Å². The summed E-state index contributed by atoms with van der Waals surface area (Å²) in [6, 6.07) is 0. The van der Waals surface area contributed by atoms with E-state index < -0.39 is 103 Å². The molecule has 8 aliphatic carbocycles. The average molecular weight is 1230 g/mol. The fourth-order valence-electron chi connectivity index (χ4n) is 20.0. The van der Waals surface area contributed by atoms with Crippen LogP contribution in [0.2, 0.25) is 0 Å². The minimum absolute atomic E-state index is 0.00849. The third-order valence-electron chi connectivity index (χ3n) is 24.7. The summed E-state index contributed by atoms with van der Waals surface area (Å²) >= 11 is 0. The highest BCUT2D eigenvalue weighted by Crippen LogP contribution is 2.72. The fourth-order valence-corrected chi connectivity index (χ4v) is 20.0. The van der Waals surface area contributed by atoms with Gasteiger partial charge in [-0.25, -0.2) is 0 Å². The maximum Gasteiger partial charge on any atom is 0.306 e. The summed E-state index contributed by atoms with van der Waals surface area (Å²) in [6.07, 6.45) is 4.17. The molecule has 8 saturated carbocycles. The zero-order valence-corrected chi connectivity index (χ0v) is 53.4. The van der Waals surface area contributed by atoms with Gasteiger partial charge in [0.1, 0.15) is 6.61 Å². The van der Waals surface area contributed by atoms with Crippen molar-refractivity contribution in [2.24, 2.45) is 105 Å². The van der Waals surface area contributed by atoms with Gasteiger partial charge >= 0.3 is 35.8 Å². The second kappa shape index (κ2) is 26.3. The molecule has 0 aromatic carbocycles. The van der Waals surface area contributed by atoms with Gasteiger partial charge in [0.25, 0.3) is 0 Å². The highest BCUT2D eigenvalue weighted by molar-refractivity contribution is 5.76. The number of hydrogen-bond donors (Lipinski definition) is 6. The van der Waals surface area contributed by atoms with E-state index in [0.717, 1.165) is 75.4 Å². The first-order chi connectivity index (χ1) is 40.9. The van der Waals surface area contributed by atoms with E-state index in [0.29, 0.717) is 37.5 Å². The van der Waals surface area contributed by atoms with Gasteiger partial charge in [0.05, 0.1) is 67.9 Å². The van der Waals surface area contributed by atoms with E-state index in [9.17, 15) is 54.3 Å². The Hall–Kier alpha value is -3.98. The first kappa shape index (κ1) is 67.4. The zero-order chi connectivity index (χ0) is 63.6. The maximum absolute atomic E-state index is 12.9. The van der Waals surface area contributed by atoms with E-state index in [2.05, 4.69) is 27.0 Å². The molecule has 10 aliphatic rings. The monoisotopic (exact) mass is 1220 g/mol. The van der Waals surface area contributed by atoms with Crippen LogP contribution in [0.5, 0.6) is 0 Å². The molecule has 24 unspecified atom stereocenters. The standard InChI is InChI=1S/C36H54O11.C32H50O8/c1-18(2)13-30(40)47-31-20(4)19(3)26(17-44-29(39)10-9-28(37)38)46-34(31)45-23-14-24(33(42)43)25-11-12-36-15-22(21(5)32(36)41)7-8-27(36)35(25,6)16-23;1-16(2)11-26(34)40-27-18(4)17(3)24(15-33)39-30(27)38-21-12-22(29(36)37)23-9-10-32-13-20(19(5)28(32)35)7-8-25(32)31(23,6)14-21/h18-20,22-27,31-32,34,41H,5,7-17H2,1-4,6H3,(H,37,38)(H,42,43);16-18,20-25,27-28,30,33,35H,5,7-15H2,1-4,6H3,(H,36,37)/t19?,20-,22?,23?,24?,25?,26?,27?,31?,32?,34?,35?,36?;17?,18-,20?,21?,22?,23?,24?,25?,27?,28?,30?,31?,32?/m00/s1. The summed E-state index contributed by atoms with van der Waals surface area (Å²) in [5.74, 6) is -4.72. The van der Waals surface area contributed by atoms with Crippen molar-refractivity contribution in [3.63, 3.8) is 0 Å². The van der Waals surface area contributed by atoms with Gasteiger partial charge in [-0.3, -0.25) is 28.8 Å². The smallest absolute Gasteiger partial charge is 0.306 e. The Morgan fingerprint density at radius 3 is 1.38 bits per heavy atom. The summed E-state index contributed by atoms with van der Waals surface area (Å²) in [4.78, 5) is 74.3. The lowest BCUT2D eigenvalue weighted by Gasteiger charge is -2.62. The molecule has 19 nitrogen and oxygen atoms in total. The van der Waals surface area contributed by atoms with Crippen molar-refractivity contribution < 1.29 is 92.6 Å². The summed E-state index contributed by atoms with van der Waals surface area (Å²) in [5.41, 5.74) is 0.617. The molecule has 490 valence electrons. The second-order valence-electron chi connectivity index (χ2n) is 30.5. The lowest BCUT2D eigenvalue weighted by Crippen LogP contribution is -2.60. The number of carboxylic acids is 3. The Balaban J connectivity index is 0.000000210. The Morgan fingerprint density at radius 1 is 0.575 bits per heavy atom. The Morgan fingerprint density at radius 2 is 0.989 bits per heavy atom. The van der Waals surface area contributed by atoms with Crippen molar-refractivity contribution in [2.45, 2.75) is 246 Å². The van der Waals surface area contributed by atoms with Crippen LogP contribution in [0.1, 0.15) is 185 Å². The molecular formula is C68H104O19. The Bertz CT molecular complexity index is 2570. The van der Waals surface area contributed by atoms with Gasteiger partial charge in [0, 0.05) is 35.5 Å². The largest absolute Gasteiger partial charge is 0.481 e. The van der Waals surface area contributed by atoms with Crippen LogP contribution in [0.25, 0.3) is 0 Å². The van der Waals surface area contributed by atoms with E-state index in [1.54, 1.807) is 0 Å². The minimum atomic E-state index is -1.09. The van der Waals surface area contributed by atoms with Crippen LogP contribution in [-0.2, 0) is 61.9 Å². The van der Waals surface area contributed by atoms with Gasteiger partial charge < -0.3 is 63.8 Å². The van der Waals surface area contributed by atoms with E-state index in [1.165, 1.54) is 0 Å². The van der Waals surface area contributed by atoms with Crippen LogP contribution in [0, 0.1) is 105 Å². The van der Waals surface area contributed by atoms with Crippen LogP contribution in [-0.4, -0.2) is 141 Å². The molecule has 10 rings (SSSR count). The van der Waals surface area contributed by atoms with Crippen LogP contribution < -0.4 is 0 Å². The van der Waals surface area contributed by atoms with Crippen LogP contribution in [0.3, 0.4) is 0 Å². The van der Waals surface area contributed by atoms with Crippen molar-refractivity contribution >= 4 is 35.8 Å². The van der Waals surface area contributed by atoms with E-state index in [-0.39, 0.29) is 126 Å². The molecular weight excluding hydrogens is 1120 g/mol. The molecule has 0 aromatic heterocycles. The number of hydrogen-bond acceptors (Lipinski definition) is 16. The van der Waals surface area contributed by atoms with E-state index in [1.807, 2.05) is 55.4 Å². The highest BCUT2D eigenvalue weighted by atomic mass is 16.7. The molecule has 10 fully saturated rings. The molecule has 0 aromatic rings. The van der Waals surface area contributed by atoms with Crippen LogP contribution in [0.15, 0.2) is 24.3 Å². The van der Waals surface area contributed by atoms with Crippen molar-refractivity contribution in [3.8, 4) is 0 Å². The zero-order valence-electron chi connectivity index (χ0n) is 53.4. The van der Waals surface area contributed by atoms with Gasteiger partial charge in [0.2, 0.25) is 0 Å². The Kier molecular flexibility index (Phi) is 20.4. The number of aliphatic carboxylic acids is 3. The second-order valence-corrected chi connectivity index (χ2v) is 30.5. The van der Waals surface area contributed by atoms with E-state index in [4.69, 9.17) is 38.3 Å². The van der Waals surface area contributed by atoms with Crippen molar-refractivity contribution in [1.29, 1.82) is 0 Å². The molecule has 0 radical (unpaired) electrons. The average Bonchev–Trinajstić information content (AvgIpc) is 1.67. The summed E-state index contributed by atoms with van der Waals surface area (Å²) in [6.45, 7) is 28.3. The SMILES string of the molecule is C=C1C2CCC3C4(C)CC(OC5OC(CO)C(C)[C@H](C)C5OC(=O)CC(C)C)CC(C(=O)O)C4CCC3(C2)C1O.C=C1C2CCC3C4(C)CC(OC5OC(COC(=O)CCC(=O)O)C(C)[C@H](C)C5OC(=O)CC(C)C)CC(C(=O)O)C4CCC3(C2)C1O. The first-order valence-corrected chi connectivity index (χ1v) is 33.1. The number of aliphatic hydroxyl groups excluding tert-OH is 3. The third kappa shape index (κ3) is 12.9. The number of fused-ring (bicyclic) bond motifs is 6. The molecule has 0 amide bonds. The number of carbonyl (C=O) groups is 6. The van der Waals surface area contributed by atoms with Gasteiger partial charge in [-0.1, -0.05) is 82.4 Å². The maximum atomic E-state index is 12.9. The summed E-state index contributed by atoms with van der Waals surface area (Å²) < 4.78 is 43.4. The highest BCUT2D eigenvalue weighted by Gasteiger charge is 2.69. The molecule has 26 atom stereocenters. The van der Waals surface area contributed by atoms with Gasteiger partial charge in [0.15, 0.2) is 24.8 Å². The quantitative estimate of drug-likeness (QED) is 0.0322. The minimum Gasteiger partial charge on any atom is -0.481 e.